The van der Waals surface area contributed by atoms with Crippen molar-refractivity contribution in [1.82, 2.24) is 4.90 Å². The normalized spacial score (nSPS) is 22.6. The van der Waals surface area contributed by atoms with Crippen LogP contribution in [0, 0.1) is 0 Å². The van der Waals surface area contributed by atoms with Crippen molar-refractivity contribution < 1.29 is 9.47 Å². The molecule has 1 aromatic carbocycles. The summed E-state index contributed by atoms with van der Waals surface area (Å²) in [6.45, 7) is 10.1. The number of anilines is 1. The Hall–Kier alpha value is -1.26. The molecule has 4 heteroatoms. The zero-order valence-electron chi connectivity index (χ0n) is 12.8. The Morgan fingerprint density at radius 3 is 2.85 bits per heavy atom. The van der Waals surface area contributed by atoms with Crippen LogP contribution in [-0.2, 0) is 4.74 Å². The fraction of sp³-hybridized carbons (Fsp3) is 0.625. The molecule has 112 valence electrons. The molecule has 0 amide bonds. The van der Waals surface area contributed by atoms with Gasteiger partial charge < -0.3 is 15.2 Å². The molecule has 1 fully saturated rings. The number of ether oxygens (including phenoxy) is 2. The molecule has 1 atom stereocenters. The summed E-state index contributed by atoms with van der Waals surface area (Å²) in [6.07, 6.45) is 1.29. The van der Waals surface area contributed by atoms with E-state index in [1.54, 1.807) is 0 Å². The Morgan fingerprint density at radius 2 is 2.15 bits per heavy atom. The smallest absolute Gasteiger partial charge is 0.142 e. The van der Waals surface area contributed by atoms with Crippen LogP contribution < -0.4 is 10.5 Å². The van der Waals surface area contributed by atoms with Crippen LogP contribution in [0.4, 0.5) is 5.69 Å². The van der Waals surface area contributed by atoms with Gasteiger partial charge in [-0.25, -0.2) is 0 Å². The van der Waals surface area contributed by atoms with E-state index >= 15 is 0 Å². The zero-order chi connectivity index (χ0) is 14.6. The molecule has 0 bridgehead atoms. The van der Waals surface area contributed by atoms with Crippen molar-refractivity contribution in [2.75, 3.05) is 32.0 Å². The van der Waals surface area contributed by atoms with E-state index in [-0.39, 0.29) is 5.60 Å². The van der Waals surface area contributed by atoms with Crippen molar-refractivity contribution in [2.45, 2.75) is 38.9 Å². The Bertz CT molecular complexity index is 434. The molecular weight excluding hydrogens is 252 g/mol. The number of benzene rings is 1. The van der Waals surface area contributed by atoms with Crippen LogP contribution in [0.3, 0.4) is 0 Å². The summed E-state index contributed by atoms with van der Waals surface area (Å²) in [6, 6.07) is 7.63. The lowest BCUT2D eigenvalue weighted by Gasteiger charge is -2.41. The lowest BCUT2D eigenvalue weighted by Crippen LogP contribution is -2.52. The molecule has 1 heterocycles. The average Bonchev–Trinajstić information content (AvgIpc) is 2.34. The molecule has 1 aliphatic heterocycles. The molecule has 2 rings (SSSR count). The van der Waals surface area contributed by atoms with Gasteiger partial charge in [-0.05, 0) is 39.3 Å². The van der Waals surface area contributed by atoms with E-state index in [0.29, 0.717) is 18.4 Å². The van der Waals surface area contributed by atoms with Gasteiger partial charge in [0, 0.05) is 19.6 Å². The van der Waals surface area contributed by atoms with Gasteiger partial charge in [0.05, 0.1) is 24.0 Å². The highest BCUT2D eigenvalue weighted by Crippen LogP contribution is 2.22. The van der Waals surface area contributed by atoms with Gasteiger partial charge in [-0.2, -0.15) is 0 Å². The first-order valence-electron chi connectivity index (χ1n) is 7.34. The number of para-hydroxylation sites is 2. The topological polar surface area (TPSA) is 47.7 Å². The number of hydrogen-bond acceptors (Lipinski definition) is 4. The summed E-state index contributed by atoms with van der Waals surface area (Å²) >= 11 is 0. The standard InChI is InChI=1S/C16H26N2O2/c1-13-11-18(12-16(2,3)20-13)9-6-10-19-15-8-5-4-7-14(15)17/h4-5,7-8,13H,6,9-12,17H2,1-3H3. The number of hydrogen-bond donors (Lipinski definition) is 1. The minimum Gasteiger partial charge on any atom is -0.491 e. The van der Waals surface area contributed by atoms with Crippen LogP contribution in [-0.4, -0.2) is 42.8 Å². The minimum absolute atomic E-state index is 0.0532. The fourth-order valence-electron chi connectivity index (χ4n) is 2.84. The summed E-state index contributed by atoms with van der Waals surface area (Å²) < 4.78 is 11.6. The first kappa shape index (κ1) is 15.1. The lowest BCUT2D eigenvalue weighted by molar-refractivity contribution is -0.129. The quantitative estimate of drug-likeness (QED) is 0.664. The molecule has 2 N–H and O–H groups in total. The van der Waals surface area contributed by atoms with Crippen LogP contribution in [0.25, 0.3) is 0 Å². The summed E-state index contributed by atoms with van der Waals surface area (Å²) in [5.41, 5.74) is 6.50. The van der Waals surface area contributed by atoms with E-state index in [0.717, 1.165) is 31.8 Å². The number of nitrogen functional groups attached to an aromatic ring is 1. The van der Waals surface area contributed by atoms with Crippen molar-refractivity contribution in [2.24, 2.45) is 0 Å². The van der Waals surface area contributed by atoms with E-state index in [1.807, 2.05) is 24.3 Å². The van der Waals surface area contributed by atoms with Crippen LogP contribution in [0.15, 0.2) is 24.3 Å². The molecule has 1 unspecified atom stereocenters. The second kappa shape index (κ2) is 6.46. The Morgan fingerprint density at radius 1 is 1.40 bits per heavy atom. The highest BCUT2D eigenvalue weighted by molar-refractivity contribution is 5.51. The van der Waals surface area contributed by atoms with Crippen molar-refractivity contribution in [3.63, 3.8) is 0 Å². The van der Waals surface area contributed by atoms with Gasteiger partial charge in [-0.3, -0.25) is 4.90 Å². The number of nitrogens with zero attached hydrogens (tertiary/aromatic N) is 1. The molecule has 1 saturated heterocycles. The second-order valence-electron chi connectivity index (χ2n) is 6.16. The van der Waals surface area contributed by atoms with Gasteiger partial charge in [-0.1, -0.05) is 12.1 Å². The maximum absolute atomic E-state index is 5.91. The molecule has 0 aromatic heterocycles. The van der Waals surface area contributed by atoms with Crippen molar-refractivity contribution in [1.29, 1.82) is 0 Å². The van der Waals surface area contributed by atoms with Gasteiger partial charge in [0.2, 0.25) is 0 Å². The lowest BCUT2D eigenvalue weighted by atomic mass is 10.1. The van der Waals surface area contributed by atoms with Crippen molar-refractivity contribution in [3.05, 3.63) is 24.3 Å². The molecule has 0 aliphatic carbocycles. The number of rotatable bonds is 5. The highest BCUT2D eigenvalue weighted by atomic mass is 16.5. The highest BCUT2D eigenvalue weighted by Gasteiger charge is 2.30. The predicted octanol–water partition coefficient (Wildman–Crippen LogP) is 2.54. The number of morpholine rings is 1. The maximum Gasteiger partial charge on any atom is 0.142 e. The maximum atomic E-state index is 5.91. The van der Waals surface area contributed by atoms with Crippen LogP contribution in [0.1, 0.15) is 27.2 Å². The Labute approximate surface area is 121 Å². The third-order valence-corrected chi connectivity index (χ3v) is 3.44. The monoisotopic (exact) mass is 278 g/mol. The van der Waals surface area contributed by atoms with Gasteiger partial charge >= 0.3 is 0 Å². The Balaban J connectivity index is 1.72. The fourth-order valence-corrected chi connectivity index (χ4v) is 2.84. The molecule has 1 aromatic rings. The van der Waals surface area contributed by atoms with E-state index < -0.39 is 0 Å². The summed E-state index contributed by atoms with van der Waals surface area (Å²) in [4.78, 5) is 2.45. The summed E-state index contributed by atoms with van der Waals surface area (Å²) in [5, 5.41) is 0. The minimum atomic E-state index is -0.0532. The second-order valence-corrected chi connectivity index (χ2v) is 6.16. The van der Waals surface area contributed by atoms with E-state index in [4.69, 9.17) is 15.2 Å². The average molecular weight is 278 g/mol. The van der Waals surface area contributed by atoms with E-state index in [1.165, 1.54) is 0 Å². The van der Waals surface area contributed by atoms with Crippen molar-refractivity contribution >= 4 is 5.69 Å². The third kappa shape index (κ3) is 4.39. The SMILES string of the molecule is CC1CN(CCCOc2ccccc2N)CC(C)(C)O1. The third-order valence-electron chi connectivity index (χ3n) is 3.44. The van der Waals surface area contributed by atoms with E-state index in [9.17, 15) is 0 Å². The van der Waals surface area contributed by atoms with Crippen LogP contribution in [0.2, 0.25) is 0 Å². The summed E-state index contributed by atoms with van der Waals surface area (Å²) in [7, 11) is 0. The molecule has 1 aliphatic rings. The molecule has 0 spiro atoms. The van der Waals surface area contributed by atoms with Gasteiger partial charge in [0.25, 0.3) is 0 Å². The predicted molar refractivity (Wildman–Crippen MR) is 82.0 cm³/mol. The summed E-state index contributed by atoms with van der Waals surface area (Å²) in [5.74, 6) is 0.781. The first-order valence-corrected chi connectivity index (χ1v) is 7.34. The molecule has 0 saturated carbocycles. The van der Waals surface area contributed by atoms with Gasteiger partial charge in [-0.15, -0.1) is 0 Å². The van der Waals surface area contributed by atoms with E-state index in [2.05, 4.69) is 25.7 Å². The van der Waals surface area contributed by atoms with Crippen molar-refractivity contribution in [3.8, 4) is 5.75 Å². The zero-order valence-corrected chi connectivity index (χ0v) is 12.8. The molecule has 0 radical (unpaired) electrons. The molecular formula is C16H26N2O2. The van der Waals surface area contributed by atoms with Gasteiger partial charge in [0.1, 0.15) is 5.75 Å². The van der Waals surface area contributed by atoms with Crippen LogP contribution >= 0.6 is 0 Å². The largest absolute Gasteiger partial charge is 0.491 e. The molecule has 4 nitrogen and oxygen atoms in total. The molecule has 20 heavy (non-hydrogen) atoms. The van der Waals surface area contributed by atoms with Crippen LogP contribution in [0.5, 0.6) is 5.75 Å². The van der Waals surface area contributed by atoms with Gasteiger partial charge in [0.15, 0.2) is 0 Å². The number of nitrogens with two attached hydrogens (primary N) is 1. The first-order chi connectivity index (χ1) is 9.46. The Kier molecular flexibility index (Phi) is 4.89.